The van der Waals surface area contributed by atoms with Crippen LogP contribution in [0.2, 0.25) is 5.02 Å². The van der Waals surface area contributed by atoms with Gasteiger partial charge in [0.2, 0.25) is 0 Å². The van der Waals surface area contributed by atoms with E-state index in [-0.39, 0.29) is 0 Å². The van der Waals surface area contributed by atoms with Gasteiger partial charge in [-0.05, 0) is 30.7 Å². The molecule has 1 aromatic heterocycles. The summed E-state index contributed by atoms with van der Waals surface area (Å²) < 4.78 is 0. The Hall–Kier alpha value is -1.81. The minimum absolute atomic E-state index is 0.642. The van der Waals surface area contributed by atoms with Crippen LogP contribution in [0.15, 0.2) is 30.6 Å². The lowest BCUT2D eigenvalue weighted by Gasteiger charge is -2.20. The van der Waals surface area contributed by atoms with Gasteiger partial charge in [0.05, 0.1) is 5.69 Å². The lowest BCUT2D eigenvalue weighted by Crippen LogP contribution is -2.19. The predicted octanol–water partition coefficient (Wildman–Crippen LogP) is 2.66. The number of nitrogens with zero attached hydrogens (tertiary/aromatic N) is 3. The molecule has 0 aliphatic rings. The number of nitrogens with two attached hydrogens (primary N) is 1. The third-order valence-corrected chi connectivity index (χ3v) is 3.06. The molecule has 0 unspecified atom stereocenters. The SMILES string of the molecule is Cc1nccnc1N(C)Cc1cc(N)ccc1Cl. The van der Waals surface area contributed by atoms with Gasteiger partial charge < -0.3 is 10.6 Å². The maximum absolute atomic E-state index is 6.15. The molecule has 0 aliphatic carbocycles. The van der Waals surface area contributed by atoms with Gasteiger partial charge in [0.15, 0.2) is 0 Å². The molecule has 5 heteroatoms. The summed E-state index contributed by atoms with van der Waals surface area (Å²) in [6.07, 6.45) is 3.36. The van der Waals surface area contributed by atoms with Gasteiger partial charge in [-0.2, -0.15) is 0 Å². The number of rotatable bonds is 3. The molecule has 0 saturated carbocycles. The topological polar surface area (TPSA) is 55.0 Å². The highest BCUT2D eigenvalue weighted by atomic mass is 35.5. The van der Waals surface area contributed by atoms with E-state index in [4.69, 9.17) is 17.3 Å². The molecule has 1 heterocycles. The highest BCUT2D eigenvalue weighted by Crippen LogP contribution is 2.22. The van der Waals surface area contributed by atoms with Crippen LogP contribution in [0.1, 0.15) is 11.3 Å². The van der Waals surface area contributed by atoms with Crippen LogP contribution in [0.4, 0.5) is 11.5 Å². The largest absolute Gasteiger partial charge is 0.399 e. The zero-order chi connectivity index (χ0) is 13.1. The first kappa shape index (κ1) is 12.6. The highest BCUT2D eigenvalue weighted by molar-refractivity contribution is 6.31. The second-order valence-electron chi connectivity index (χ2n) is 4.17. The van der Waals surface area contributed by atoms with Crippen molar-refractivity contribution in [2.75, 3.05) is 17.7 Å². The number of aryl methyl sites for hydroxylation is 1. The second kappa shape index (κ2) is 5.23. The zero-order valence-corrected chi connectivity index (χ0v) is 11.1. The average Bonchev–Trinajstić information content (AvgIpc) is 2.34. The van der Waals surface area contributed by atoms with Crippen LogP contribution < -0.4 is 10.6 Å². The Balaban J connectivity index is 2.24. The predicted molar refractivity (Wildman–Crippen MR) is 74.7 cm³/mol. The van der Waals surface area contributed by atoms with E-state index in [1.165, 1.54) is 0 Å². The summed E-state index contributed by atoms with van der Waals surface area (Å²) in [5, 5.41) is 0.706. The normalized spacial score (nSPS) is 10.4. The summed E-state index contributed by atoms with van der Waals surface area (Å²) in [5.41, 5.74) is 8.34. The Morgan fingerprint density at radius 3 is 2.72 bits per heavy atom. The van der Waals surface area contributed by atoms with E-state index in [2.05, 4.69) is 9.97 Å². The number of benzene rings is 1. The van der Waals surface area contributed by atoms with Gasteiger partial charge >= 0.3 is 0 Å². The van der Waals surface area contributed by atoms with Crippen LogP contribution in [0.25, 0.3) is 0 Å². The molecule has 0 fully saturated rings. The average molecular weight is 263 g/mol. The molecule has 0 atom stereocenters. The maximum Gasteiger partial charge on any atom is 0.150 e. The van der Waals surface area contributed by atoms with Gasteiger partial charge in [-0.15, -0.1) is 0 Å². The Morgan fingerprint density at radius 2 is 2.00 bits per heavy atom. The van der Waals surface area contributed by atoms with Crippen molar-refractivity contribution in [3.63, 3.8) is 0 Å². The fraction of sp³-hybridized carbons (Fsp3) is 0.231. The standard InChI is InChI=1S/C13H15ClN4/c1-9-13(17-6-5-16-9)18(2)8-10-7-11(15)3-4-12(10)14/h3-7H,8,15H2,1-2H3. The van der Waals surface area contributed by atoms with Crippen LogP contribution >= 0.6 is 11.6 Å². The summed E-state index contributed by atoms with van der Waals surface area (Å²) in [6.45, 7) is 2.57. The van der Waals surface area contributed by atoms with Crippen molar-refractivity contribution in [2.24, 2.45) is 0 Å². The van der Waals surface area contributed by atoms with E-state index < -0.39 is 0 Å². The summed E-state index contributed by atoms with van der Waals surface area (Å²) in [4.78, 5) is 10.5. The Labute approximate surface area is 111 Å². The summed E-state index contributed by atoms with van der Waals surface area (Å²) in [6, 6.07) is 5.48. The lowest BCUT2D eigenvalue weighted by molar-refractivity contribution is 0.878. The number of hydrogen-bond acceptors (Lipinski definition) is 4. The van der Waals surface area contributed by atoms with Gasteiger partial charge in [-0.3, -0.25) is 4.98 Å². The van der Waals surface area contributed by atoms with Crippen LogP contribution in [0.5, 0.6) is 0 Å². The highest BCUT2D eigenvalue weighted by Gasteiger charge is 2.09. The first-order chi connectivity index (χ1) is 8.58. The molecule has 4 nitrogen and oxygen atoms in total. The number of aromatic nitrogens is 2. The molecule has 0 bridgehead atoms. The van der Waals surface area contributed by atoms with Crippen LogP contribution in [0, 0.1) is 6.92 Å². The molecular weight excluding hydrogens is 248 g/mol. The van der Waals surface area contributed by atoms with Crippen LogP contribution in [-0.4, -0.2) is 17.0 Å². The van der Waals surface area contributed by atoms with Crippen molar-refractivity contribution in [1.82, 2.24) is 9.97 Å². The van der Waals surface area contributed by atoms with Gasteiger partial charge in [-0.1, -0.05) is 11.6 Å². The lowest BCUT2D eigenvalue weighted by atomic mass is 10.2. The molecule has 0 saturated heterocycles. The van der Waals surface area contributed by atoms with Gasteiger partial charge in [-0.25, -0.2) is 4.98 Å². The van der Waals surface area contributed by atoms with E-state index in [1.807, 2.05) is 31.0 Å². The van der Waals surface area contributed by atoms with Crippen LogP contribution in [-0.2, 0) is 6.54 Å². The fourth-order valence-electron chi connectivity index (χ4n) is 1.82. The number of halogens is 1. The molecule has 2 N–H and O–H groups in total. The van der Waals surface area contributed by atoms with Gasteiger partial charge in [0, 0.05) is 36.7 Å². The van der Waals surface area contributed by atoms with Crippen molar-refractivity contribution in [1.29, 1.82) is 0 Å². The molecule has 0 amide bonds. The Kier molecular flexibility index (Phi) is 3.67. The van der Waals surface area contributed by atoms with Crippen molar-refractivity contribution in [2.45, 2.75) is 13.5 Å². The smallest absolute Gasteiger partial charge is 0.150 e. The van der Waals surface area contributed by atoms with Crippen molar-refractivity contribution in [3.8, 4) is 0 Å². The monoisotopic (exact) mass is 262 g/mol. The molecular formula is C13H15ClN4. The van der Waals surface area contributed by atoms with E-state index in [0.29, 0.717) is 17.3 Å². The van der Waals surface area contributed by atoms with E-state index in [9.17, 15) is 0 Å². The third-order valence-electron chi connectivity index (χ3n) is 2.69. The quantitative estimate of drug-likeness (QED) is 0.864. The number of anilines is 2. The zero-order valence-electron chi connectivity index (χ0n) is 10.4. The first-order valence-corrected chi connectivity index (χ1v) is 5.98. The minimum Gasteiger partial charge on any atom is -0.399 e. The summed E-state index contributed by atoms with van der Waals surface area (Å²) in [5.74, 6) is 0.844. The molecule has 94 valence electrons. The van der Waals surface area contributed by atoms with Crippen molar-refractivity contribution >= 4 is 23.1 Å². The number of nitrogen functional groups attached to an aromatic ring is 1. The third kappa shape index (κ3) is 2.71. The molecule has 0 aliphatic heterocycles. The Bertz CT molecular complexity index is 556. The van der Waals surface area contributed by atoms with Gasteiger partial charge in [0.1, 0.15) is 5.82 Å². The van der Waals surface area contributed by atoms with E-state index in [1.54, 1.807) is 18.5 Å². The molecule has 2 aromatic rings. The summed E-state index contributed by atoms with van der Waals surface area (Å²) >= 11 is 6.15. The summed E-state index contributed by atoms with van der Waals surface area (Å²) in [7, 11) is 1.95. The van der Waals surface area contributed by atoms with Gasteiger partial charge in [0.25, 0.3) is 0 Å². The van der Waals surface area contributed by atoms with Crippen molar-refractivity contribution in [3.05, 3.63) is 46.9 Å². The van der Waals surface area contributed by atoms with Crippen LogP contribution in [0.3, 0.4) is 0 Å². The van der Waals surface area contributed by atoms with Crippen molar-refractivity contribution < 1.29 is 0 Å². The molecule has 18 heavy (non-hydrogen) atoms. The van der Waals surface area contributed by atoms with E-state index in [0.717, 1.165) is 17.1 Å². The maximum atomic E-state index is 6.15. The van der Waals surface area contributed by atoms with E-state index >= 15 is 0 Å². The second-order valence-corrected chi connectivity index (χ2v) is 4.58. The first-order valence-electron chi connectivity index (χ1n) is 5.60. The fourth-order valence-corrected chi connectivity index (χ4v) is 2.00. The molecule has 0 spiro atoms. The molecule has 1 aromatic carbocycles. The Morgan fingerprint density at radius 1 is 1.28 bits per heavy atom. The molecule has 0 radical (unpaired) electrons. The minimum atomic E-state index is 0.642. The molecule has 2 rings (SSSR count). The number of hydrogen-bond donors (Lipinski definition) is 1.